The molecule has 0 aliphatic heterocycles. The number of hydrogen-bond donors (Lipinski definition) is 0. The summed E-state index contributed by atoms with van der Waals surface area (Å²) in [6.07, 6.45) is 12.3. The van der Waals surface area contributed by atoms with Gasteiger partial charge in [0.2, 0.25) is 0 Å². The van der Waals surface area contributed by atoms with E-state index in [1.165, 1.54) is 26.2 Å². The summed E-state index contributed by atoms with van der Waals surface area (Å²) in [6.45, 7) is 3.78. The molecule has 0 aromatic heterocycles. The minimum absolute atomic E-state index is 0.138. The number of esters is 1. The highest BCUT2D eigenvalue weighted by atomic mass is 16.5. The molecule has 0 N–H and O–H groups in total. The van der Waals surface area contributed by atoms with Crippen molar-refractivity contribution in [1.82, 2.24) is 0 Å². The molecular formula is C14H22O3. The van der Waals surface area contributed by atoms with Gasteiger partial charge in [-0.25, -0.2) is 0 Å². The standard InChI is InChI=1S/C14H22O3/c1-3-4-5-6-7-8-9-10-11-17-14(16)12-13(2)15/h7-10H,3-6,11-12H2,1-2H3. The molecule has 0 aliphatic rings. The number of carbonyl (C=O) groups is 2. The van der Waals surface area contributed by atoms with Crippen molar-refractivity contribution >= 4 is 11.8 Å². The first-order valence-electron chi connectivity index (χ1n) is 6.13. The monoisotopic (exact) mass is 238 g/mol. The van der Waals surface area contributed by atoms with E-state index in [4.69, 9.17) is 4.74 Å². The van der Waals surface area contributed by atoms with Crippen LogP contribution in [0.4, 0.5) is 0 Å². The van der Waals surface area contributed by atoms with Crippen LogP contribution in [0.1, 0.15) is 46.0 Å². The molecule has 0 saturated heterocycles. The molecule has 0 amide bonds. The van der Waals surface area contributed by atoms with Crippen LogP contribution in [0.15, 0.2) is 24.3 Å². The fourth-order valence-electron chi connectivity index (χ4n) is 1.22. The van der Waals surface area contributed by atoms with Crippen molar-refractivity contribution in [3.05, 3.63) is 24.3 Å². The Hall–Kier alpha value is -1.38. The average molecular weight is 238 g/mol. The van der Waals surface area contributed by atoms with Gasteiger partial charge in [-0.15, -0.1) is 0 Å². The van der Waals surface area contributed by atoms with Crippen LogP contribution in [0.5, 0.6) is 0 Å². The summed E-state index contributed by atoms with van der Waals surface area (Å²) >= 11 is 0. The second-order valence-electron chi connectivity index (χ2n) is 3.91. The first-order chi connectivity index (χ1) is 8.16. The van der Waals surface area contributed by atoms with Crippen molar-refractivity contribution in [2.24, 2.45) is 0 Å². The molecule has 0 bridgehead atoms. The van der Waals surface area contributed by atoms with Crippen molar-refractivity contribution in [2.75, 3.05) is 6.61 Å². The number of ketones is 1. The van der Waals surface area contributed by atoms with Crippen LogP contribution in [0.2, 0.25) is 0 Å². The zero-order valence-electron chi connectivity index (χ0n) is 10.8. The Labute approximate surface area is 104 Å². The van der Waals surface area contributed by atoms with Gasteiger partial charge in [0.1, 0.15) is 18.8 Å². The molecule has 0 radical (unpaired) electrons. The Morgan fingerprint density at radius 1 is 1.12 bits per heavy atom. The van der Waals surface area contributed by atoms with Gasteiger partial charge in [0.05, 0.1) is 0 Å². The maximum Gasteiger partial charge on any atom is 0.313 e. The molecule has 0 saturated carbocycles. The van der Waals surface area contributed by atoms with Crippen LogP contribution < -0.4 is 0 Å². The van der Waals surface area contributed by atoms with E-state index in [1.807, 2.05) is 12.2 Å². The summed E-state index contributed by atoms with van der Waals surface area (Å²) in [4.78, 5) is 21.6. The number of carbonyl (C=O) groups excluding carboxylic acids is 2. The highest BCUT2D eigenvalue weighted by Crippen LogP contribution is 1.99. The zero-order valence-corrected chi connectivity index (χ0v) is 10.8. The van der Waals surface area contributed by atoms with Gasteiger partial charge in [-0.3, -0.25) is 9.59 Å². The molecule has 96 valence electrons. The maximum atomic E-state index is 11.0. The van der Waals surface area contributed by atoms with Crippen LogP contribution in [-0.2, 0) is 14.3 Å². The molecule has 3 nitrogen and oxygen atoms in total. The molecule has 0 unspecified atom stereocenters. The molecule has 0 aromatic rings. The van der Waals surface area contributed by atoms with Gasteiger partial charge in [0, 0.05) is 0 Å². The van der Waals surface area contributed by atoms with E-state index >= 15 is 0 Å². The van der Waals surface area contributed by atoms with E-state index in [-0.39, 0.29) is 18.8 Å². The van der Waals surface area contributed by atoms with Gasteiger partial charge in [0.15, 0.2) is 0 Å². The third-order valence-corrected chi connectivity index (χ3v) is 2.09. The zero-order chi connectivity index (χ0) is 12.9. The van der Waals surface area contributed by atoms with Crippen molar-refractivity contribution < 1.29 is 14.3 Å². The van der Waals surface area contributed by atoms with E-state index < -0.39 is 5.97 Å². The van der Waals surface area contributed by atoms with Gasteiger partial charge in [-0.1, -0.05) is 38.0 Å². The van der Waals surface area contributed by atoms with Gasteiger partial charge in [-0.2, -0.15) is 0 Å². The quantitative estimate of drug-likeness (QED) is 0.268. The molecule has 3 heteroatoms. The Bertz CT molecular complexity index is 277. The molecule has 0 aliphatic carbocycles. The fourth-order valence-corrected chi connectivity index (χ4v) is 1.22. The van der Waals surface area contributed by atoms with Crippen LogP contribution >= 0.6 is 0 Å². The Kier molecular flexibility index (Phi) is 10.2. The molecule has 0 aromatic carbocycles. The SMILES string of the molecule is CCCCCC=CC=CCOC(=O)CC(C)=O. The Morgan fingerprint density at radius 3 is 2.47 bits per heavy atom. The van der Waals surface area contributed by atoms with Crippen LogP contribution in [0.25, 0.3) is 0 Å². The van der Waals surface area contributed by atoms with Gasteiger partial charge < -0.3 is 4.74 Å². The second kappa shape index (κ2) is 11.1. The van der Waals surface area contributed by atoms with Crippen molar-refractivity contribution in [3.8, 4) is 0 Å². The van der Waals surface area contributed by atoms with Gasteiger partial charge in [-0.05, 0) is 25.8 Å². The first kappa shape index (κ1) is 15.6. The lowest BCUT2D eigenvalue weighted by Gasteiger charge is -1.97. The lowest BCUT2D eigenvalue weighted by atomic mass is 10.2. The Morgan fingerprint density at radius 2 is 1.82 bits per heavy atom. The lowest BCUT2D eigenvalue weighted by molar-refractivity contribution is -0.144. The largest absolute Gasteiger partial charge is 0.461 e. The van der Waals surface area contributed by atoms with Crippen molar-refractivity contribution in [2.45, 2.75) is 46.0 Å². The molecular weight excluding hydrogens is 216 g/mol. The Balaban J connectivity index is 3.47. The highest BCUT2D eigenvalue weighted by Gasteiger charge is 2.03. The number of rotatable bonds is 9. The van der Waals surface area contributed by atoms with Crippen molar-refractivity contribution in [1.29, 1.82) is 0 Å². The minimum atomic E-state index is -0.464. The molecule has 0 spiro atoms. The topological polar surface area (TPSA) is 43.4 Å². The summed E-state index contributed by atoms with van der Waals surface area (Å²) in [7, 11) is 0. The number of unbranched alkanes of at least 4 members (excludes halogenated alkanes) is 3. The number of allylic oxidation sites excluding steroid dienone is 3. The third-order valence-electron chi connectivity index (χ3n) is 2.09. The smallest absolute Gasteiger partial charge is 0.313 e. The number of Topliss-reactive ketones (excluding diaryl/α,β-unsaturated/α-hetero) is 1. The molecule has 0 heterocycles. The fraction of sp³-hybridized carbons (Fsp3) is 0.571. The predicted octanol–water partition coefficient (Wildman–Crippen LogP) is 3.20. The second-order valence-corrected chi connectivity index (χ2v) is 3.91. The van der Waals surface area contributed by atoms with E-state index in [9.17, 15) is 9.59 Å². The molecule has 17 heavy (non-hydrogen) atoms. The minimum Gasteiger partial charge on any atom is -0.461 e. The van der Waals surface area contributed by atoms with Crippen LogP contribution in [0.3, 0.4) is 0 Å². The molecule has 0 rings (SSSR count). The molecule has 0 fully saturated rings. The molecule has 0 atom stereocenters. The van der Waals surface area contributed by atoms with Gasteiger partial charge in [0.25, 0.3) is 0 Å². The summed E-state index contributed by atoms with van der Waals surface area (Å²) in [5, 5.41) is 0. The van der Waals surface area contributed by atoms with Gasteiger partial charge >= 0.3 is 5.97 Å². The third kappa shape index (κ3) is 12.6. The van der Waals surface area contributed by atoms with Crippen LogP contribution in [-0.4, -0.2) is 18.4 Å². The normalized spacial score (nSPS) is 11.2. The number of hydrogen-bond acceptors (Lipinski definition) is 3. The average Bonchev–Trinajstić information content (AvgIpc) is 2.26. The van der Waals surface area contributed by atoms with E-state index in [2.05, 4.69) is 13.0 Å². The maximum absolute atomic E-state index is 11.0. The number of ether oxygens (including phenoxy) is 1. The summed E-state index contributed by atoms with van der Waals surface area (Å²) in [5.74, 6) is -0.635. The van der Waals surface area contributed by atoms with E-state index in [0.29, 0.717) is 0 Å². The highest BCUT2D eigenvalue weighted by molar-refractivity contribution is 5.94. The van der Waals surface area contributed by atoms with Crippen LogP contribution in [0, 0.1) is 0 Å². The first-order valence-corrected chi connectivity index (χ1v) is 6.13. The lowest BCUT2D eigenvalue weighted by Crippen LogP contribution is -2.08. The van der Waals surface area contributed by atoms with E-state index in [0.717, 1.165) is 6.42 Å². The summed E-state index contributed by atoms with van der Waals surface area (Å²) in [5.41, 5.74) is 0. The van der Waals surface area contributed by atoms with Crippen molar-refractivity contribution in [3.63, 3.8) is 0 Å². The summed E-state index contributed by atoms with van der Waals surface area (Å²) < 4.78 is 4.82. The van der Waals surface area contributed by atoms with E-state index in [1.54, 1.807) is 6.08 Å². The predicted molar refractivity (Wildman–Crippen MR) is 68.7 cm³/mol. The summed E-state index contributed by atoms with van der Waals surface area (Å²) in [6, 6.07) is 0.